The van der Waals surface area contributed by atoms with Gasteiger partial charge in [-0.05, 0) is 19.8 Å². The van der Waals surface area contributed by atoms with Crippen LogP contribution in [0.15, 0.2) is 21.7 Å². The maximum atomic E-state index is 12.2. The van der Waals surface area contributed by atoms with Gasteiger partial charge in [0.1, 0.15) is 10.7 Å². The largest absolute Gasteiger partial charge is 0.361 e. The number of aromatic nitrogens is 3. The summed E-state index contributed by atoms with van der Waals surface area (Å²) in [6.45, 7) is 1.83. The van der Waals surface area contributed by atoms with Crippen LogP contribution in [0.5, 0.6) is 0 Å². The Morgan fingerprint density at radius 2 is 2.25 bits per heavy atom. The first-order valence-corrected chi connectivity index (χ1v) is 7.89. The van der Waals surface area contributed by atoms with Crippen LogP contribution in [-0.4, -0.2) is 23.4 Å². The van der Waals surface area contributed by atoms with Crippen LogP contribution in [0.2, 0.25) is 0 Å². The Bertz CT molecular complexity index is 728. The highest BCUT2D eigenvalue weighted by atomic mass is 32.2. The topological polar surface area (TPSA) is 90.0 Å². The lowest BCUT2D eigenvalue weighted by Crippen LogP contribution is -2.23. The van der Waals surface area contributed by atoms with Crippen molar-refractivity contribution in [3.63, 3.8) is 0 Å². The predicted molar refractivity (Wildman–Crippen MR) is 70.4 cm³/mol. The van der Waals surface area contributed by atoms with E-state index in [9.17, 15) is 8.42 Å². The van der Waals surface area contributed by atoms with Crippen LogP contribution in [0, 0.1) is 6.92 Å². The summed E-state index contributed by atoms with van der Waals surface area (Å²) < 4.78 is 33.6. The molecule has 7 nitrogen and oxygen atoms in total. The van der Waals surface area contributed by atoms with Crippen LogP contribution >= 0.6 is 0 Å². The van der Waals surface area contributed by atoms with E-state index in [-0.39, 0.29) is 11.4 Å². The highest BCUT2D eigenvalue weighted by Crippen LogP contribution is 2.40. The van der Waals surface area contributed by atoms with Gasteiger partial charge in [0, 0.05) is 19.0 Å². The standard InChI is InChI=1S/C12H16N4O3S/c1-8-12(7-13-16(8)2)20(17,18)14-6-10-5-11(19-15-10)9-3-4-9/h5,7,9,14H,3-4,6H2,1-2H3. The van der Waals surface area contributed by atoms with Crippen LogP contribution in [0.3, 0.4) is 0 Å². The van der Waals surface area contributed by atoms with E-state index in [0.29, 0.717) is 17.3 Å². The smallest absolute Gasteiger partial charge is 0.244 e. The number of nitrogens with zero attached hydrogens (tertiary/aromatic N) is 3. The van der Waals surface area contributed by atoms with E-state index < -0.39 is 10.0 Å². The molecule has 2 aromatic rings. The van der Waals surface area contributed by atoms with Gasteiger partial charge in [0.25, 0.3) is 0 Å². The second-order valence-electron chi connectivity index (χ2n) is 5.04. The third-order valence-corrected chi connectivity index (χ3v) is 4.98. The predicted octanol–water partition coefficient (Wildman–Crippen LogP) is 1.07. The van der Waals surface area contributed by atoms with Crippen LogP contribution in [0.1, 0.15) is 35.9 Å². The summed E-state index contributed by atoms with van der Waals surface area (Å²) >= 11 is 0. The number of sulfonamides is 1. The minimum atomic E-state index is -3.58. The molecule has 108 valence electrons. The molecule has 20 heavy (non-hydrogen) atoms. The monoisotopic (exact) mass is 296 g/mol. The van der Waals surface area contributed by atoms with Crippen molar-refractivity contribution in [2.75, 3.05) is 0 Å². The first kappa shape index (κ1) is 13.3. The zero-order valence-corrected chi connectivity index (χ0v) is 12.1. The van der Waals surface area contributed by atoms with Crippen LogP contribution < -0.4 is 4.72 Å². The fourth-order valence-corrected chi connectivity index (χ4v) is 3.16. The van der Waals surface area contributed by atoms with Gasteiger partial charge in [-0.1, -0.05) is 5.16 Å². The number of hydrogen-bond donors (Lipinski definition) is 1. The molecule has 1 N–H and O–H groups in total. The van der Waals surface area contributed by atoms with Crippen molar-refractivity contribution < 1.29 is 12.9 Å². The SMILES string of the molecule is Cc1c(S(=O)(=O)NCc2cc(C3CC3)on2)cnn1C. The van der Waals surface area contributed by atoms with Gasteiger partial charge in [-0.2, -0.15) is 5.10 Å². The Morgan fingerprint density at radius 1 is 1.50 bits per heavy atom. The molecule has 2 aromatic heterocycles. The van der Waals surface area contributed by atoms with E-state index in [1.807, 2.05) is 6.07 Å². The normalized spacial score (nSPS) is 15.7. The van der Waals surface area contributed by atoms with Crippen LogP contribution in [0.25, 0.3) is 0 Å². The van der Waals surface area contributed by atoms with Gasteiger partial charge in [0.05, 0.1) is 24.1 Å². The minimum Gasteiger partial charge on any atom is -0.361 e. The van der Waals surface area contributed by atoms with E-state index in [1.54, 1.807) is 14.0 Å². The van der Waals surface area contributed by atoms with Gasteiger partial charge in [-0.25, -0.2) is 13.1 Å². The Hall–Kier alpha value is -1.67. The van der Waals surface area contributed by atoms with E-state index in [2.05, 4.69) is 15.0 Å². The molecular weight excluding hydrogens is 280 g/mol. The number of hydrogen-bond acceptors (Lipinski definition) is 5. The molecule has 0 unspecified atom stereocenters. The fourth-order valence-electron chi connectivity index (χ4n) is 1.96. The van der Waals surface area contributed by atoms with Gasteiger partial charge in [0.2, 0.25) is 10.0 Å². The summed E-state index contributed by atoms with van der Waals surface area (Å²) in [6, 6.07) is 1.82. The first-order chi connectivity index (χ1) is 9.47. The third kappa shape index (κ3) is 2.48. The molecule has 0 aromatic carbocycles. The highest BCUT2D eigenvalue weighted by molar-refractivity contribution is 7.89. The average Bonchev–Trinajstić information content (AvgIpc) is 3.05. The molecule has 0 bridgehead atoms. The zero-order valence-electron chi connectivity index (χ0n) is 11.3. The lowest BCUT2D eigenvalue weighted by Gasteiger charge is -2.04. The van der Waals surface area contributed by atoms with Gasteiger partial charge in [-0.15, -0.1) is 0 Å². The van der Waals surface area contributed by atoms with E-state index in [0.717, 1.165) is 18.6 Å². The molecule has 1 saturated carbocycles. The molecule has 0 saturated heterocycles. The summed E-state index contributed by atoms with van der Waals surface area (Å²) in [6.07, 6.45) is 3.58. The Morgan fingerprint density at radius 3 is 2.85 bits per heavy atom. The van der Waals surface area contributed by atoms with E-state index >= 15 is 0 Å². The zero-order chi connectivity index (χ0) is 14.3. The Labute approximate surface area is 117 Å². The molecule has 8 heteroatoms. The fraction of sp³-hybridized carbons (Fsp3) is 0.500. The van der Waals surface area contributed by atoms with Crippen molar-refractivity contribution in [1.82, 2.24) is 19.7 Å². The summed E-state index contributed by atoms with van der Waals surface area (Å²) in [7, 11) is -1.88. The minimum absolute atomic E-state index is 0.118. The van der Waals surface area contributed by atoms with Crippen molar-refractivity contribution in [1.29, 1.82) is 0 Å². The van der Waals surface area contributed by atoms with Crippen molar-refractivity contribution >= 4 is 10.0 Å². The second-order valence-corrected chi connectivity index (χ2v) is 6.77. The van der Waals surface area contributed by atoms with Crippen molar-refractivity contribution in [3.05, 3.63) is 29.4 Å². The van der Waals surface area contributed by atoms with Gasteiger partial charge < -0.3 is 4.52 Å². The van der Waals surface area contributed by atoms with Gasteiger partial charge in [-0.3, -0.25) is 4.68 Å². The average molecular weight is 296 g/mol. The Balaban J connectivity index is 1.71. The number of rotatable bonds is 5. The van der Waals surface area contributed by atoms with Crippen molar-refractivity contribution in [2.24, 2.45) is 7.05 Å². The molecule has 0 spiro atoms. The molecular formula is C12H16N4O3S. The van der Waals surface area contributed by atoms with Crippen LogP contribution in [-0.2, 0) is 23.6 Å². The summed E-state index contributed by atoms with van der Waals surface area (Å²) in [5, 5.41) is 7.82. The van der Waals surface area contributed by atoms with Crippen LogP contribution in [0.4, 0.5) is 0 Å². The lowest BCUT2D eigenvalue weighted by molar-refractivity contribution is 0.377. The lowest BCUT2D eigenvalue weighted by atomic mass is 10.3. The van der Waals surface area contributed by atoms with E-state index in [1.165, 1.54) is 10.9 Å². The number of nitrogens with one attached hydrogen (secondary N) is 1. The second kappa shape index (κ2) is 4.71. The highest BCUT2D eigenvalue weighted by Gasteiger charge is 2.28. The van der Waals surface area contributed by atoms with E-state index in [4.69, 9.17) is 4.52 Å². The maximum absolute atomic E-state index is 12.2. The molecule has 1 aliphatic rings. The molecule has 1 fully saturated rings. The maximum Gasteiger partial charge on any atom is 0.244 e. The van der Waals surface area contributed by atoms with Gasteiger partial charge >= 0.3 is 0 Å². The molecule has 0 amide bonds. The Kier molecular flexibility index (Phi) is 3.14. The molecule has 1 aliphatic carbocycles. The van der Waals surface area contributed by atoms with Gasteiger partial charge in [0.15, 0.2) is 0 Å². The molecule has 0 aliphatic heterocycles. The molecule has 0 radical (unpaired) electrons. The molecule has 0 atom stereocenters. The third-order valence-electron chi connectivity index (χ3n) is 3.48. The molecule has 2 heterocycles. The van der Waals surface area contributed by atoms with Crippen molar-refractivity contribution in [2.45, 2.75) is 37.1 Å². The van der Waals surface area contributed by atoms with Crippen molar-refractivity contribution in [3.8, 4) is 0 Å². The first-order valence-electron chi connectivity index (χ1n) is 6.41. The summed E-state index contributed by atoms with van der Waals surface area (Å²) in [5.41, 5.74) is 1.19. The summed E-state index contributed by atoms with van der Waals surface area (Å²) in [4.78, 5) is 0.186. The molecule has 3 rings (SSSR count). The number of aryl methyl sites for hydroxylation is 1. The summed E-state index contributed by atoms with van der Waals surface area (Å²) in [5.74, 6) is 1.31. The quantitative estimate of drug-likeness (QED) is 0.891.